The summed E-state index contributed by atoms with van der Waals surface area (Å²) in [4.78, 5) is 1.76. The molecule has 5 nitrogen and oxygen atoms in total. The van der Waals surface area contributed by atoms with Crippen molar-refractivity contribution in [3.63, 3.8) is 0 Å². The molecule has 0 aliphatic rings. The molecule has 0 radical (unpaired) electrons. The van der Waals surface area contributed by atoms with Crippen LogP contribution in [0, 0.1) is 10.8 Å². The summed E-state index contributed by atoms with van der Waals surface area (Å²) in [6.07, 6.45) is 0. The quantitative estimate of drug-likeness (QED) is 0.507. The van der Waals surface area contributed by atoms with Crippen LogP contribution in [-0.2, 0) is 6.54 Å². The van der Waals surface area contributed by atoms with Gasteiger partial charge in [-0.25, -0.2) is 0 Å². The number of nitrogens with two attached hydrogens (primary N) is 1. The highest BCUT2D eigenvalue weighted by Crippen LogP contribution is 2.16. The smallest absolute Gasteiger partial charge is 0.202 e. The zero-order chi connectivity index (χ0) is 14.4. The number of anilines is 1. The molecule has 2 aromatic carbocycles. The molecule has 0 saturated carbocycles. The van der Waals surface area contributed by atoms with E-state index in [0.717, 1.165) is 11.3 Å². The van der Waals surface area contributed by atoms with Crippen LogP contribution in [0.4, 0.5) is 5.69 Å². The van der Waals surface area contributed by atoms with E-state index in [-0.39, 0.29) is 11.9 Å². The predicted octanol–water partition coefficient (Wildman–Crippen LogP) is 2.11. The van der Waals surface area contributed by atoms with Gasteiger partial charge < -0.3 is 10.6 Å². The van der Waals surface area contributed by atoms with E-state index in [1.807, 2.05) is 60.7 Å². The van der Waals surface area contributed by atoms with Crippen LogP contribution in [0.3, 0.4) is 0 Å². The number of rotatable bonds is 3. The Bertz CT molecular complexity index is 580. The number of guanidine groups is 2. The lowest BCUT2D eigenvalue weighted by molar-refractivity contribution is 0.961. The van der Waals surface area contributed by atoms with Gasteiger partial charge in [0.2, 0.25) is 5.96 Å². The number of nitrogens with zero attached hydrogens (tertiary/aromatic N) is 1. The predicted molar refractivity (Wildman–Crippen MR) is 81.8 cm³/mol. The first-order valence-electron chi connectivity index (χ1n) is 6.23. The summed E-state index contributed by atoms with van der Waals surface area (Å²) in [7, 11) is 0. The molecular weight excluding hydrogens is 250 g/mol. The lowest BCUT2D eigenvalue weighted by Crippen LogP contribution is -2.45. The monoisotopic (exact) mass is 267 g/mol. The van der Waals surface area contributed by atoms with E-state index in [1.165, 1.54) is 0 Å². The Hall–Kier alpha value is -2.82. The third kappa shape index (κ3) is 3.58. The van der Waals surface area contributed by atoms with Crippen LogP contribution in [0.1, 0.15) is 5.56 Å². The minimum Gasteiger partial charge on any atom is -0.370 e. The van der Waals surface area contributed by atoms with Crippen LogP contribution in [0.5, 0.6) is 0 Å². The molecule has 0 spiro atoms. The molecule has 2 aromatic rings. The van der Waals surface area contributed by atoms with Crippen LogP contribution in [0.25, 0.3) is 0 Å². The molecule has 0 aliphatic heterocycles. The largest absolute Gasteiger partial charge is 0.370 e. The molecule has 20 heavy (non-hydrogen) atoms. The van der Waals surface area contributed by atoms with Crippen molar-refractivity contribution in [2.45, 2.75) is 6.54 Å². The number of benzene rings is 2. The molecule has 5 heteroatoms. The molecule has 0 aromatic heterocycles. The first-order chi connectivity index (χ1) is 9.66. The van der Waals surface area contributed by atoms with Crippen molar-refractivity contribution in [2.24, 2.45) is 5.73 Å². The third-order valence-corrected chi connectivity index (χ3v) is 2.77. The molecule has 0 amide bonds. The van der Waals surface area contributed by atoms with Crippen LogP contribution in [0.15, 0.2) is 60.7 Å². The molecule has 0 aliphatic carbocycles. The van der Waals surface area contributed by atoms with E-state index in [2.05, 4.69) is 5.32 Å². The molecule has 5 N–H and O–H groups in total. The van der Waals surface area contributed by atoms with Gasteiger partial charge >= 0.3 is 0 Å². The van der Waals surface area contributed by atoms with Gasteiger partial charge in [-0.3, -0.25) is 16.1 Å². The molecule has 0 atom stereocenters. The van der Waals surface area contributed by atoms with Crippen LogP contribution in [0.2, 0.25) is 0 Å². The number of hydrogen-bond donors (Lipinski definition) is 4. The highest BCUT2D eigenvalue weighted by atomic mass is 15.3. The average molecular weight is 267 g/mol. The van der Waals surface area contributed by atoms with Crippen molar-refractivity contribution >= 4 is 17.6 Å². The summed E-state index contributed by atoms with van der Waals surface area (Å²) in [5.41, 5.74) is 7.25. The second-order valence-corrected chi connectivity index (χ2v) is 4.29. The van der Waals surface area contributed by atoms with Gasteiger partial charge in [0, 0.05) is 5.69 Å². The summed E-state index contributed by atoms with van der Waals surface area (Å²) in [6.45, 7) is 0.532. The van der Waals surface area contributed by atoms with Gasteiger partial charge in [0.25, 0.3) is 0 Å². The molecule has 0 unspecified atom stereocenters. The molecule has 0 fully saturated rings. The lowest BCUT2D eigenvalue weighted by atomic mass is 10.2. The van der Waals surface area contributed by atoms with Crippen molar-refractivity contribution in [1.29, 1.82) is 10.8 Å². The van der Waals surface area contributed by atoms with Crippen LogP contribution < -0.4 is 16.0 Å². The highest BCUT2D eigenvalue weighted by molar-refractivity contribution is 6.03. The molecule has 2 rings (SSSR count). The Kier molecular flexibility index (Phi) is 4.34. The zero-order valence-electron chi connectivity index (χ0n) is 11.0. The maximum absolute atomic E-state index is 8.06. The summed E-state index contributed by atoms with van der Waals surface area (Å²) >= 11 is 0. The van der Waals surface area contributed by atoms with E-state index in [0.29, 0.717) is 6.54 Å². The highest BCUT2D eigenvalue weighted by Gasteiger charge is 2.13. The van der Waals surface area contributed by atoms with Crippen molar-refractivity contribution in [2.75, 3.05) is 4.90 Å². The zero-order valence-corrected chi connectivity index (χ0v) is 11.0. The second kappa shape index (κ2) is 6.38. The van der Waals surface area contributed by atoms with Gasteiger partial charge in [-0.05, 0) is 17.7 Å². The van der Waals surface area contributed by atoms with Crippen molar-refractivity contribution in [1.82, 2.24) is 5.32 Å². The Morgan fingerprint density at radius 3 is 2.05 bits per heavy atom. The molecular formula is C15H17N5. The van der Waals surface area contributed by atoms with Crippen molar-refractivity contribution in [3.05, 3.63) is 66.2 Å². The molecule has 102 valence electrons. The lowest BCUT2D eigenvalue weighted by Gasteiger charge is -2.25. The molecule has 0 bridgehead atoms. The fourth-order valence-electron chi connectivity index (χ4n) is 1.87. The van der Waals surface area contributed by atoms with Crippen LogP contribution in [-0.4, -0.2) is 11.9 Å². The maximum atomic E-state index is 8.06. The van der Waals surface area contributed by atoms with E-state index in [1.54, 1.807) is 4.90 Å². The SMILES string of the molecule is N=C(N)NC(=N)N(Cc1ccccc1)c1ccccc1. The first-order valence-corrected chi connectivity index (χ1v) is 6.23. The standard InChI is InChI=1S/C15H17N5/c16-14(17)19-15(18)20(13-9-5-2-6-10-13)11-12-7-3-1-4-8-12/h1-10H,11H2,(H5,16,17,18,19). The van der Waals surface area contributed by atoms with Gasteiger partial charge in [-0.15, -0.1) is 0 Å². The van der Waals surface area contributed by atoms with E-state index in [9.17, 15) is 0 Å². The normalized spacial score (nSPS) is 9.80. The van der Waals surface area contributed by atoms with Gasteiger partial charge in [-0.2, -0.15) is 0 Å². The summed E-state index contributed by atoms with van der Waals surface area (Å²) in [5.74, 6) is -0.170. The number of nitrogens with one attached hydrogen (secondary N) is 3. The minimum atomic E-state index is -0.246. The Balaban J connectivity index is 2.25. The first kappa shape index (κ1) is 13.6. The van der Waals surface area contributed by atoms with E-state index in [4.69, 9.17) is 16.6 Å². The third-order valence-electron chi connectivity index (χ3n) is 2.77. The number of para-hydroxylation sites is 1. The second-order valence-electron chi connectivity index (χ2n) is 4.29. The Labute approximate surface area is 118 Å². The summed E-state index contributed by atoms with van der Waals surface area (Å²) < 4.78 is 0. The van der Waals surface area contributed by atoms with Gasteiger partial charge in [0.05, 0.1) is 6.54 Å². The summed E-state index contributed by atoms with van der Waals surface area (Å²) in [5, 5.41) is 17.8. The average Bonchev–Trinajstić information content (AvgIpc) is 2.46. The van der Waals surface area contributed by atoms with Gasteiger partial charge in [-0.1, -0.05) is 48.5 Å². The Morgan fingerprint density at radius 1 is 0.950 bits per heavy atom. The number of hydrogen-bond acceptors (Lipinski definition) is 2. The molecule has 0 saturated heterocycles. The fraction of sp³-hybridized carbons (Fsp3) is 0.0667. The van der Waals surface area contributed by atoms with Crippen molar-refractivity contribution in [3.8, 4) is 0 Å². The summed E-state index contributed by atoms with van der Waals surface area (Å²) in [6, 6.07) is 19.4. The Morgan fingerprint density at radius 2 is 1.50 bits per heavy atom. The van der Waals surface area contributed by atoms with Crippen molar-refractivity contribution < 1.29 is 0 Å². The maximum Gasteiger partial charge on any atom is 0.202 e. The fourth-order valence-corrected chi connectivity index (χ4v) is 1.87. The van der Waals surface area contributed by atoms with Gasteiger partial charge in [0.1, 0.15) is 0 Å². The topological polar surface area (TPSA) is 89.0 Å². The van der Waals surface area contributed by atoms with Crippen LogP contribution >= 0.6 is 0 Å². The molecule has 0 heterocycles. The van der Waals surface area contributed by atoms with E-state index >= 15 is 0 Å². The van der Waals surface area contributed by atoms with Gasteiger partial charge in [0.15, 0.2) is 5.96 Å². The minimum absolute atomic E-state index is 0.0764. The van der Waals surface area contributed by atoms with E-state index < -0.39 is 0 Å².